The minimum Gasteiger partial charge on any atom is -0.396 e. The van der Waals surface area contributed by atoms with E-state index in [0.29, 0.717) is 12.2 Å². The van der Waals surface area contributed by atoms with Gasteiger partial charge in [-0.2, -0.15) is 5.10 Å². The summed E-state index contributed by atoms with van der Waals surface area (Å²) >= 11 is 0. The van der Waals surface area contributed by atoms with Crippen molar-refractivity contribution < 1.29 is 5.11 Å². The van der Waals surface area contributed by atoms with Gasteiger partial charge in [-0.1, -0.05) is 20.8 Å². The fourth-order valence-corrected chi connectivity index (χ4v) is 1.50. The molecule has 0 saturated heterocycles. The SMILES string of the molecule is CC(C)(O)Cn1cc(N)c(C(C)(C)C)n1. The molecule has 1 heterocycles. The third-order valence-electron chi connectivity index (χ3n) is 2.05. The molecule has 0 radical (unpaired) electrons. The van der Waals surface area contributed by atoms with Gasteiger partial charge in [0.25, 0.3) is 0 Å². The number of hydrogen-bond donors (Lipinski definition) is 2. The van der Waals surface area contributed by atoms with E-state index in [1.807, 2.05) is 0 Å². The Hall–Kier alpha value is -1.03. The molecule has 0 aliphatic heterocycles. The zero-order valence-electron chi connectivity index (χ0n) is 10.2. The van der Waals surface area contributed by atoms with Gasteiger partial charge in [0.1, 0.15) is 0 Å². The maximum absolute atomic E-state index is 9.67. The van der Waals surface area contributed by atoms with Crippen molar-refractivity contribution in [3.63, 3.8) is 0 Å². The Morgan fingerprint density at radius 2 is 1.87 bits per heavy atom. The lowest BCUT2D eigenvalue weighted by Crippen LogP contribution is -2.26. The predicted molar refractivity (Wildman–Crippen MR) is 61.6 cm³/mol. The van der Waals surface area contributed by atoms with E-state index in [-0.39, 0.29) is 5.41 Å². The number of hydrogen-bond acceptors (Lipinski definition) is 3. The van der Waals surface area contributed by atoms with Crippen molar-refractivity contribution in [2.75, 3.05) is 5.73 Å². The van der Waals surface area contributed by atoms with Gasteiger partial charge >= 0.3 is 0 Å². The number of nitrogens with two attached hydrogens (primary N) is 1. The highest BCUT2D eigenvalue weighted by atomic mass is 16.3. The first-order chi connectivity index (χ1) is 6.59. The van der Waals surface area contributed by atoms with Crippen molar-refractivity contribution in [1.29, 1.82) is 0 Å². The lowest BCUT2D eigenvalue weighted by Gasteiger charge is -2.18. The molecule has 4 nitrogen and oxygen atoms in total. The molecule has 0 saturated carbocycles. The number of rotatable bonds is 2. The second-order valence-corrected chi connectivity index (χ2v) is 5.69. The van der Waals surface area contributed by atoms with Gasteiger partial charge in [0.2, 0.25) is 0 Å². The molecule has 0 spiro atoms. The standard InChI is InChI=1S/C11H21N3O/c1-10(2,3)9-8(12)6-14(13-9)7-11(4,5)15/h6,15H,7,12H2,1-5H3. The van der Waals surface area contributed by atoms with E-state index in [1.165, 1.54) is 0 Å². The minimum absolute atomic E-state index is 0.0606. The van der Waals surface area contributed by atoms with Crippen LogP contribution in [0.25, 0.3) is 0 Å². The maximum atomic E-state index is 9.67. The van der Waals surface area contributed by atoms with Crippen molar-refractivity contribution >= 4 is 5.69 Å². The highest BCUT2D eigenvalue weighted by molar-refractivity contribution is 5.44. The molecule has 3 N–H and O–H groups in total. The molecule has 86 valence electrons. The third kappa shape index (κ3) is 3.23. The molecule has 0 aliphatic carbocycles. The van der Waals surface area contributed by atoms with Crippen LogP contribution in [0.1, 0.15) is 40.3 Å². The summed E-state index contributed by atoms with van der Waals surface area (Å²) in [6, 6.07) is 0. The van der Waals surface area contributed by atoms with Gasteiger partial charge in [-0.15, -0.1) is 0 Å². The summed E-state index contributed by atoms with van der Waals surface area (Å²) in [5.41, 5.74) is 6.62. The Morgan fingerprint density at radius 1 is 1.33 bits per heavy atom. The van der Waals surface area contributed by atoms with Crippen LogP contribution in [-0.2, 0) is 12.0 Å². The summed E-state index contributed by atoms with van der Waals surface area (Å²) in [7, 11) is 0. The topological polar surface area (TPSA) is 64.1 Å². The van der Waals surface area contributed by atoms with Gasteiger partial charge in [0.15, 0.2) is 0 Å². The van der Waals surface area contributed by atoms with E-state index in [2.05, 4.69) is 25.9 Å². The van der Waals surface area contributed by atoms with Crippen molar-refractivity contribution in [2.45, 2.75) is 52.2 Å². The van der Waals surface area contributed by atoms with E-state index in [4.69, 9.17) is 5.73 Å². The Bertz CT molecular complexity index is 342. The molecule has 0 aliphatic rings. The van der Waals surface area contributed by atoms with E-state index < -0.39 is 5.60 Å². The Labute approximate surface area is 91.1 Å². The fraction of sp³-hybridized carbons (Fsp3) is 0.727. The maximum Gasteiger partial charge on any atom is 0.0907 e. The molecule has 1 rings (SSSR count). The van der Waals surface area contributed by atoms with Crippen LogP contribution < -0.4 is 5.73 Å². The van der Waals surface area contributed by atoms with Crippen LogP contribution in [0.4, 0.5) is 5.69 Å². The third-order valence-corrected chi connectivity index (χ3v) is 2.05. The number of nitrogens with zero attached hydrogens (tertiary/aromatic N) is 2. The number of aliphatic hydroxyl groups is 1. The average Bonchev–Trinajstić information content (AvgIpc) is 2.25. The van der Waals surface area contributed by atoms with Crippen molar-refractivity contribution in [3.8, 4) is 0 Å². The van der Waals surface area contributed by atoms with Gasteiger partial charge in [0.05, 0.1) is 23.5 Å². The summed E-state index contributed by atoms with van der Waals surface area (Å²) in [5.74, 6) is 0. The second-order valence-electron chi connectivity index (χ2n) is 5.69. The van der Waals surface area contributed by atoms with E-state index >= 15 is 0 Å². The molecule has 0 fully saturated rings. The normalized spacial score (nSPS) is 13.2. The summed E-state index contributed by atoms with van der Waals surface area (Å²) in [6.07, 6.45) is 1.78. The molecular formula is C11H21N3O. The quantitative estimate of drug-likeness (QED) is 0.779. The first-order valence-corrected chi connectivity index (χ1v) is 5.15. The highest BCUT2D eigenvalue weighted by Crippen LogP contribution is 2.26. The summed E-state index contributed by atoms with van der Waals surface area (Å²) < 4.78 is 1.70. The van der Waals surface area contributed by atoms with Crippen LogP contribution in [0.2, 0.25) is 0 Å². The zero-order valence-corrected chi connectivity index (χ0v) is 10.2. The fourth-order valence-electron chi connectivity index (χ4n) is 1.50. The van der Waals surface area contributed by atoms with Crippen molar-refractivity contribution in [2.24, 2.45) is 0 Å². The Morgan fingerprint density at radius 3 is 2.20 bits per heavy atom. The lowest BCUT2D eigenvalue weighted by molar-refractivity contribution is 0.0575. The largest absolute Gasteiger partial charge is 0.396 e. The van der Waals surface area contributed by atoms with Crippen LogP contribution in [0.3, 0.4) is 0 Å². The predicted octanol–water partition coefficient (Wildman–Crippen LogP) is 1.53. The van der Waals surface area contributed by atoms with E-state index in [0.717, 1.165) is 5.69 Å². The summed E-state index contributed by atoms with van der Waals surface area (Å²) in [6.45, 7) is 10.2. The molecule has 0 amide bonds. The molecule has 15 heavy (non-hydrogen) atoms. The smallest absolute Gasteiger partial charge is 0.0907 e. The zero-order chi connectivity index (χ0) is 11.9. The number of anilines is 1. The monoisotopic (exact) mass is 211 g/mol. The molecule has 0 unspecified atom stereocenters. The molecule has 0 atom stereocenters. The van der Waals surface area contributed by atoms with Gasteiger partial charge in [0, 0.05) is 11.6 Å². The first kappa shape index (κ1) is 12.0. The second kappa shape index (κ2) is 3.52. The molecule has 1 aromatic rings. The first-order valence-electron chi connectivity index (χ1n) is 5.15. The summed E-state index contributed by atoms with van der Waals surface area (Å²) in [5, 5.41) is 14.1. The molecule has 1 aromatic heterocycles. The minimum atomic E-state index is -0.770. The average molecular weight is 211 g/mol. The molecular weight excluding hydrogens is 190 g/mol. The van der Waals surface area contributed by atoms with E-state index in [9.17, 15) is 5.11 Å². The van der Waals surface area contributed by atoms with Gasteiger partial charge in [-0.3, -0.25) is 4.68 Å². The van der Waals surface area contributed by atoms with E-state index in [1.54, 1.807) is 24.7 Å². The van der Waals surface area contributed by atoms with Gasteiger partial charge in [-0.05, 0) is 13.8 Å². The van der Waals surface area contributed by atoms with Crippen molar-refractivity contribution in [1.82, 2.24) is 9.78 Å². The van der Waals surface area contributed by atoms with Crippen LogP contribution in [0, 0.1) is 0 Å². The van der Waals surface area contributed by atoms with Crippen LogP contribution in [0.5, 0.6) is 0 Å². The molecule has 0 aromatic carbocycles. The Kier molecular flexibility index (Phi) is 2.83. The number of aromatic nitrogens is 2. The van der Waals surface area contributed by atoms with Crippen LogP contribution in [0.15, 0.2) is 6.20 Å². The number of nitrogen functional groups attached to an aromatic ring is 1. The highest BCUT2D eigenvalue weighted by Gasteiger charge is 2.22. The Balaban J connectivity index is 2.97. The molecule has 4 heteroatoms. The van der Waals surface area contributed by atoms with Crippen LogP contribution >= 0.6 is 0 Å². The van der Waals surface area contributed by atoms with Gasteiger partial charge in [-0.25, -0.2) is 0 Å². The lowest BCUT2D eigenvalue weighted by atomic mass is 9.92. The molecule has 0 bridgehead atoms. The van der Waals surface area contributed by atoms with Crippen LogP contribution in [-0.4, -0.2) is 20.5 Å². The van der Waals surface area contributed by atoms with Gasteiger partial charge < -0.3 is 10.8 Å². The van der Waals surface area contributed by atoms with Crippen molar-refractivity contribution in [3.05, 3.63) is 11.9 Å². The summed E-state index contributed by atoms with van der Waals surface area (Å²) in [4.78, 5) is 0.